The first-order chi connectivity index (χ1) is 10.6. The molecule has 0 aliphatic carbocycles. The molecule has 7 heteroatoms. The highest BCUT2D eigenvalue weighted by atomic mass is 35.5. The maximum atomic E-state index is 5.96. The highest BCUT2D eigenvalue weighted by molar-refractivity contribution is 7.71. The number of aromatic amines is 1. The van der Waals surface area contributed by atoms with Gasteiger partial charge in [-0.15, -0.1) is 11.3 Å². The minimum atomic E-state index is 0.551. The van der Waals surface area contributed by atoms with Crippen molar-refractivity contribution in [2.24, 2.45) is 0 Å². The van der Waals surface area contributed by atoms with Crippen molar-refractivity contribution in [3.8, 4) is 11.4 Å². The summed E-state index contributed by atoms with van der Waals surface area (Å²) >= 11 is 12.9. The van der Waals surface area contributed by atoms with Crippen LogP contribution < -0.4 is 0 Å². The van der Waals surface area contributed by atoms with Gasteiger partial charge in [-0.2, -0.15) is 4.98 Å². The molecule has 0 aliphatic heterocycles. The molecule has 3 rings (SSSR count). The topological polar surface area (TPSA) is 36.9 Å². The molecule has 114 valence electrons. The third-order valence-corrected chi connectivity index (χ3v) is 4.69. The fourth-order valence-corrected chi connectivity index (χ4v) is 3.53. The van der Waals surface area contributed by atoms with Crippen LogP contribution in [0.3, 0.4) is 0 Å². The molecule has 4 nitrogen and oxygen atoms in total. The van der Waals surface area contributed by atoms with Gasteiger partial charge in [0.15, 0.2) is 5.82 Å². The van der Waals surface area contributed by atoms with Gasteiger partial charge in [0.2, 0.25) is 4.77 Å². The van der Waals surface area contributed by atoms with Gasteiger partial charge in [0, 0.05) is 17.0 Å². The lowest BCUT2D eigenvalue weighted by Crippen LogP contribution is -2.22. The van der Waals surface area contributed by atoms with E-state index in [0.717, 1.165) is 22.3 Å². The summed E-state index contributed by atoms with van der Waals surface area (Å²) in [5.41, 5.74) is 1.03. The molecular formula is C15H15ClN4S2. The van der Waals surface area contributed by atoms with Gasteiger partial charge in [-0.1, -0.05) is 41.9 Å². The molecule has 0 radical (unpaired) electrons. The lowest BCUT2D eigenvalue weighted by atomic mass is 10.2. The van der Waals surface area contributed by atoms with Crippen molar-refractivity contribution in [2.75, 3.05) is 7.05 Å². The highest BCUT2D eigenvalue weighted by Crippen LogP contribution is 2.22. The molecule has 0 saturated carbocycles. The van der Waals surface area contributed by atoms with Gasteiger partial charge in [-0.25, -0.2) is 4.68 Å². The summed E-state index contributed by atoms with van der Waals surface area (Å²) in [7, 11) is 2.04. The summed E-state index contributed by atoms with van der Waals surface area (Å²) in [6.45, 7) is 1.47. The summed E-state index contributed by atoms with van der Waals surface area (Å²) in [5, 5.41) is 3.26. The van der Waals surface area contributed by atoms with Crippen molar-refractivity contribution >= 4 is 35.2 Å². The number of nitrogens with zero attached hydrogens (tertiary/aromatic N) is 3. The van der Waals surface area contributed by atoms with Crippen molar-refractivity contribution in [3.63, 3.8) is 0 Å². The second-order valence-electron chi connectivity index (χ2n) is 5.01. The van der Waals surface area contributed by atoms with E-state index in [1.807, 2.05) is 54.2 Å². The standard InChI is InChI=1S/C15H15ClN4S2/c1-19(9-12-7-8-13(16)22-12)10-20-15(21)17-14(18-20)11-5-3-2-4-6-11/h2-8H,9-10H2,1H3,(H,17,18,21). The first kappa shape index (κ1) is 15.4. The van der Waals surface area contributed by atoms with Gasteiger partial charge in [-0.05, 0) is 31.4 Å². The van der Waals surface area contributed by atoms with Crippen LogP contribution in [0.1, 0.15) is 4.88 Å². The quantitative estimate of drug-likeness (QED) is 0.692. The van der Waals surface area contributed by atoms with Gasteiger partial charge < -0.3 is 0 Å². The highest BCUT2D eigenvalue weighted by Gasteiger charge is 2.08. The molecule has 22 heavy (non-hydrogen) atoms. The molecule has 3 aromatic rings. The molecule has 1 aromatic carbocycles. The lowest BCUT2D eigenvalue weighted by molar-refractivity contribution is 0.246. The summed E-state index contributed by atoms with van der Waals surface area (Å²) in [6, 6.07) is 13.9. The fraction of sp³-hybridized carbons (Fsp3) is 0.200. The SMILES string of the molecule is CN(Cc1ccc(Cl)s1)Cn1[nH]c(-c2ccccc2)nc1=S. The molecule has 0 unspecified atom stereocenters. The first-order valence-corrected chi connectivity index (χ1v) is 8.37. The Morgan fingerprint density at radius 3 is 2.73 bits per heavy atom. The largest absolute Gasteiger partial charge is 0.282 e. The smallest absolute Gasteiger partial charge is 0.217 e. The first-order valence-electron chi connectivity index (χ1n) is 6.77. The van der Waals surface area contributed by atoms with Crippen molar-refractivity contribution in [2.45, 2.75) is 13.2 Å². The number of hydrogen-bond donors (Lipinski definition) is 1. The summed E-state index contributed by atoms with van der Waals surface area (Å²) in [4.78, 5) is 7.80. The van der Waals surface area contributed by atoms with E-state index in [1.165, 1.54) is 4.88 Å². The molecule has 1 N–H and O–H groups in total. The van der Waals surface area contributed by atoms with Crippen molar-refractivity contribution in [1.29, 1.82) is 0 Å². The van der Waals surface area contributed by atoms with E-state index >= 15 is 0 Å². The van der Waals surface area contributed by atoms with Gasteiger partial charge in [0.05, 0.1) is 11.0 Å². The van der Waals surface area contributed by atoms with Crippen LogP contribution in [0.15, 0.2) is 42.5 Å². The molecule has 0 bridgehead atoms. The molecular weight excluding hydrogens is 336 g/mol. The van der Waals surface area contributed by atoms with E-state index in [4.69, 9.17) is 23.8 Å². The number of benzene rings is 1. The number of aromatic nitrogens is 3. The third kappa shape index (κ3) is 3.64. The lowest BCUT2D eigenvalue weighted by Gasteiger charge is -2.15. The monoisotopic (exact) mass is 350 g/mol. The van der Waals surface area contributed by atoms with Crippen molar-refractivity contribution < 1.29 is 0 Å². The van der Waals surface area contributed by atoms with E-state index in [0.29, 0.717) is 11.4 Å². The number of nitrogens with one attached hydrogen (secondary N) is 1. The van der Waals surface area contributed by atoms with Crippen LogP contribution in [0, 0.1) is 4.77 Å². The van der Waals surface area contributed by atoms with Crippen LogP contribution in [0.25, 0.3) is 11.4 Å². The van der Waals surface area contributed by atoms with Crippen LogP contribution in [-0.4, -0.2) is 26.7 Å². The van der Waals surface area contributed by atoms with E-state index in [9.17, 15) is 0 Å². The second kappa shape index (κ2) is 6.75. The fourth-order valence-electron chi connectivity index (χ4n) is 2.17. The Morgan fingerprint density at radius 2 is 2.05 bits per heavy atom. The molecule has 0 amide bonds. The molecule has 0 aliphatic rings. The zero-order valence-electron chi connectivity index (χ0n) is 12.0. The second-order valence-corrected chi connectivity index (χ2v) is 7.18. The van der Waals surface area contributed by atoms with Crippen LogP contribution in [-0.2, 0) is 13.2 Å². The van der Waals surface area contributed by atoms with E-state index in [2.05, 4.69) is 15.0 Å². The van der Waals surface area contributed by atoms with E-state index < -0.39 is 0 Å². The zero-order chi connectivity index (χ0) is 15.5. The van der Waals surface area contributed by atoms with Crippen molar-refractivity contribution in [1.82, 2.24) is 19.7 Å². The van der Waals surface area contributed by atoms with Gasteiger partial charge in [0.1, 0.15) is 0 Å². The Bertz CT molecular complexity index is 806. The van der Waals surface area contributed by atoms with Crippen LogP contribution in [0.4, 0.5) is 0 Å². The summed E-state index contributed by atoms with van der Waals surface area (Å²) in [6.07, 6.45) is 0. The summed E-state index contributed by atoms with van der Waals surface area (Å²) < 4.78 is 3.23. The van der Waals surface area contributed by atoms with E-state index in [1.54, 1.807) is 11.3 Å². The normalized spacial score (nSPS) is 11.2. The van der Waals surface area contributed by atoms with Gasteiger partial charge >= 0.3 is 0 Å². The Hall–Kier alpha value is -1.47. The molecule has 0 atom stereocenters. The van der Waals surface area contributed by atoms with E-state index in [-0.39, 0.29) is 0 Å². The Morgan fingerprint density at radius 1 is 1.27 bits per heavy atom. The minimum Gasteiger partial charge on any atom is -0.282 e. The van der Waals surface area contributed by atoms with Crippen LogP contribution in [0.2, 0.25) is 4.34 Å². The summed E-state index contributed by atoms with van der Waals surface area (Å²) in [5.74, 6) is 0.790. The molecule has 0 spiro atoms. The predicted molar refractivity (Wildman–Crippen MR) is 93.6 cm³/mol. The zero-order valence-corrected chi connectivity index (χ0v) is 14.4. The Labute approximate surface area is 143 Å². The predicted octanol–water partition coefficient (Wildman–Crippen LogP) is 4.41. The van der Waals surface area contributed by atoms with Crippen LogP contribution >= 0.6 is 35.2 Å². The van der Waals surface area contributed by atoms with Gasteiger partial charge in [0.25, 0.3) is 0 Å². The maximum absolute atomic E-state index is 5.96. The van der Waals surface area contributed by atoms with Crippen LogP contribution in [0.5, 0.6) is 0 Å². The number of halogens is 1. The molecule has 2 aromatic heterocycles. The number of thiophene rings is 1. The average molecular weight is 351 g/mol. The molecule has 0 saturated heterocycles. The third-order valence-electron chi connectivity index (χ3n) is 3.16. The average Bonchev–Trinajstić information content (AvgIpc) is 3.07. The number of H-pyrrole nitrogens is 1. The maximum Gasteiger partial charge on any atom is 0.217 e. The van der Waals surface area contributed by atoms with Crippen molar-refractivity contribution in [3.05, 3.63) is 56.4 Å². The molecule has 0 fully saturated rings. The van der Waals surface area contributed by atoms with Gasteiger partial charge in [-0.3, -0.25) is 10.00 Å². The number of rotatable bonds is 5. The Balaban J connectivity index is 1.73. The molecule has 2 heterocycles. The number of hydrogen-bond acceptors (Lipinski definition) is 4. The Kier molecular flexibility index (Phi) is 4.73. The minimum absolute atomic E-state index is 0.551.